The molecule has 0 atom stereocenters. The molecule has 0 fully saturated rings. The standard InChI is InChI=1S/C7H7O.Hg/c1-6-2-4-7(8)5-3-6;/h2-4,8H,1H3;. The van der Waals surface area contributed by atoms with E-state index in [1.807, 2.05) is 19.1 Å². The van der Waals surface area contributed by atoms with E-state index in [1.165, 1.54) is 5.56 Å². The Labute approximate surface area is 70.7 Å². The van der Waals surface area contributed by atoms with Crippen LogP contribution < -0.4 is 3.07 Å². The molecule has 1 rings (SSSR count). The number of aryl methyl sites for hydroxylation is 1. The van der Waals surface area contributed by atoms with Crippen molar-refractivity contribution in [3.05, 3.63) is 23.8 Å². The van der Waals surface area contributed by atoms with Crippen molar-refractivity contribution in [3.8, 4) is 5.75 Å². The molecular formula is C7H7HgO. The second-order valence-corrected chi connectivity index (χ2v) is 5.09. The Kier molecular flexibility index (Phi) is 2.11. The van der Waals surface area contributed by atoms with Gasteiger partial charge in [0.05, 0.1) is 0 Å². The van der Waals surface area contributed by atoms with Crippen molar-refractivity contribution >= 4 is 3.07 Å². The van der Waals surface area contributed by atoms with Crippen molar-refractivity contribution in [2.75, 3.05) is 0 Å². The van der Waals surface area contributed by atoms with E-state index >= 15 is 0 Å². The summed E-state index contributed by atoms with van der Waals surface area (Å²) in [7, 11) is 0. The van der Waals surface area contributed by atoms with Crippen molar-refractivity contribution in [2.45, 2.75) is 6.92 Å². The number of aromatic hydroxyl groups is 1. The van der Waals surface area contributed by atoms with E-state index in [2.05, 4.69) is 0 Å². The molecule has 0 saturated heterocycles. The van der Waals surface area contributed by atoms with Crippen LogP contribution in [0.1, 0.15) is 5.56 Å². The summed E-state index contributed by atoms with van der Waals surface area (Å²) in [6.45, 7) is 2.04. The molecular weight excluding hydrogens is 301 g/mol. The zero-order chi connectivity index (χ0) is 6.85. The fraction of sp³-hybridized carbons (Fsp3) is 0.143. The van der Waals surface area contributed by atoms with Crippen molar-refractivity contribution in [1.82, 2.24) is 0 Å². The van der Waals surface area contributed by atoms with Gasteiger partial charge in [-0.2, -0.15) is 0 Å². The van der Waals surface area contributed by atoms with E-state index in [1.54, 1.807) is 6.07 Å². The van der Waals surface area contributed by atoms with Gasteiger partial charge in [0.15, 0.2) is 0 Å². The maximum atomic E-state index is 9.09. The van der Waals surface area contributed by atoms with E-state index < -0.39 is 0 Å². The fourth-order valence-electron chi connectivity index (χ4n) is 0.714. The molecule has 0 spiro atoms. The van der Waals surface area contributed by atoms with Gasteiger partial charge in [-0.3, -0.25) is 0 Å². The summed E-state index contributed by atoms with van der Waals surface area (Å²) in [6.07, 6.45) is 0. The van der Waals surface area contributed by atoms with Gasteiger partial charge < -0.3 is 0 Å². The molecule has 0 aliphatic carbocycles. The number of hydrogen-bond donors (Lipinski definition) is 1. The average molecular weight is 308 g/mol. The number of phenolic OH excluding ortho intramolecular Hbond substituents is 1. The maximum absolute atomic E-state index is 9.09. The molecule has 1 N–H and O–H groups in total. The molecule has 43 valence electrons. The minimum absolute atomic E-state index is 0.462. The first-order valence-electron chi connectivity index (χ1n) is 2.82. The molecule has 1 nitrogen and oxygen atoms in total. The third-order valence-corrected chi connectivity index (χ3v) is 3.44. The van der Waals surface area contributed by atoms with Gasteiger partial charge in [-0.1, -0.05) is 0 Å². The molecule has 0 aliphatic rings. The quantitative estimate of drug-likeness (QED) is 0.705. The van der Waals surface area contributed by atoms with Crippen LogP contribution in [-0.4, -0.2) is 5.11 Å². The molecule has 0 unspecified atom stereocenters. The third-order valence-electron chi connectivity index (χ3n) is 1.23. The van der Waals surface area contributed by atoms with Crippen LogP contribution in [0.15, 0.2) is 18.2 Å². The molecule has 0 radical (unpaired) electrons. The minimum atomic E-state index is 0.462. The Morgan fingerprint density at radius 2 is 2.11 bits per heavy atom. The molecule has 0 heterocycles. The van der Waals surface area contributed by atoms with Crippen LogP contribution in [0.25, 0.3) is 0 Å². The normalized spacial score (nSPS) is 9.67. The second kappa shape index (κ2) is 2.69. The van der Waals surface area contributed by atoms with E-state index in [9.17, 15) is 0 Å². The van der Waals surface area contributed by atoms with Crippen LogP contribution in [0.4, 0.5) is 0 Å². The van der Waals surface area contributed by atoms with E-state index in [4.69, 9.17) is 5.11 Å². The summed E-state index contributed by atoms with van der Waals surface area (Å²) in [5.74, 6) is 0.462. The zero-order valence-electron chi connectivity index (χ0n) is 5.39. The average Bonchev–Trinajstić information content (AvgIpc) is 1.80. The second-order valence-electron chi connectivity index (χ2n) is 2.13. The van der Waals surface area contributed by atoms with E-state index in [0.29, 0.717) is 31.9 Å². The van der Waals surface area contributed by atoms with Crippen LogP contribution in [0, 0.1) is 6.92 Å². The molecule has 0 saturated carbocycles. The molecule has 2 heteroatoms. The van der Waals surface area contributed by atoms with Crippen LogP contribution in [0.3, 0.4) is 0 Å². The number of hydrogen-bond acceptors (Lipinski definition) is 1. The molecule has 1 aromatic carbocycles. The van der Waals surface area contributed by atoms with Crippen molar-refractivity contribution < 1.29 is 31.2 Å². The van der Waals surface area contributed by atoms with E-state index in [0.717, 1.165) is 3.07 Å². The van der Waals surface area contributed by atoms with Gasteiger partial charge in [0.1, 0.15) is 0 Å². The zero-order valence-corrected chi connectivity index (χ0v) is 10.9. The first-order valence-corrected chi connectivity index (χ1v) is 5.56. The Balaban J connectivity index is 3.17. The third kappa shape index (κ3) is 1.68. The SMILES string of the molecule is Cc1ccc(O)[c]([Hg])c1. The summed E-state index contributed by atoms with van der Waals surface area (Å²) in [5, 5.41) is 9.09. The van der Waals surface area contributed by atoms with Gasteiger partial charge >= 0.3 is 70.7 Å². The number of phenols is 1. The van der Waals surface area contributed by atoms with Gasteiger partial charge in [0.2, 0.25) is 0 Å². The van der Waals surface area contributed by atoms with Gasteiger partial charge in [-0.25, -0.2) is 0 Å². The molecule has 0 amide bonds. The monoisotopic (exact) mass is 309 g/mol. The van der Waals surface area contributed by atoms with Crippen molar-refractivity contribution in [2.24, 2.45) is 0 Å². The molecule has 1 aromatic rings. The first-order chi connectivity index (χ1) is 4.20. The van der Waals surface area contributed by atoms with Crippen LogP contribution in [0.2, 0.25) is 0 Å². The van der Waals surface area contributed by atoms with Crippen molar-refractivity contribution in [3.63, 3.8) is 0 Å². The Bertz CT molecular complexity index is 220. The predicted molar refractivity (Wildman–Crippen MR) is 32.5 cm³/mol. The molecule has 0 aromatic heterocycles. The summed E-state index contributed by atoms with van der Waals surface area (Å²) in [4.78, 5) is 0. The Hall–Kier alpha value is -0.0449. The molecule has 0 aliphatic heterocycles. The van der Waals surface area contributed by atoms with Gasteiger partial charge in [-0.05, 0) is 0 Å². The molecule has 0 bridgehead atoms. The topological polar surface area (TPSA) is 20.2 Å². The van der Waals surface area contributed by atoms with Crippen LogP contribution in [0.5, 0.6) is 5.75 Å². The Morgan fingerprint density at radius 3 is 2.56 bits per heavy atom. The summed E-state index contributed by atoms with van der Waals surface area (Å²) >= 11 is 0.538. The van der Waals surface area contributed by atoms with Crippen LogP contribution in [-0.2, 0) is 26.1 Å². The summed E-state index contributed by atoms with van der Waals surface area (Å²) < 4.78 is 1.13. The summed E-state index contributed by atoms with van der Waals surface area (Å²) in [5.41, 5.74) is 1.23. The number of benzene rings is 1. The Morgan fingerprint density at radius 1 is 1.44 bits per heavy atom. The van der Waals surface area contributed by atoms with Crippen molar-refractivity contribution in [1.29, 1.82) is 0 Å². The molecule has 9 heavy (non-hydrogen) atoms. The summed E-state index contributed by atoms with van der Waals surface area (Å²) in [6, 6.07) is 5.72. The number of rotatable bonds is 0. The predicted octanol–water partition coefficient (Wildman–Crippen LogP) is 0.873. The van der Waals surface area contributed by atoms with Crippen LogP contribution >= 0.6 is 0 Å². The first kappa shape index (κ1) is 7.07. The van der Waals surface area contributed by atoms with Gasteiger partial charge in [0.25, 0.3) is 0 Å². The van der Waals surface area contributed by atoms with Gasteiger partial charge in [-0.15, -0.1) is 0 Å². The van der Waals surface area contributed by atoms with E-state index in [-0.39, 0.29) is 0 Å². The fourth-order valence-corrected chi connectivity index (χ4v) is 2.42. The van der Waals surface area contributed by atoms with Gasteiger partial charge in [0, 0.05) is 0 Å².